The highest BCUT2D eigenvalue weighted by atomic mass is 15.0. The van der Waals surface area contributed by atoms with Crippen LogP contribution in [0.5, 0.6) is 0 Å². The van der Waals surface area contributed by atoms with Gasteiger partial charge in [-0.2, -0.15) is 0 Å². The lowest BCUT2D eigenvalue weighted by molar-refractivity contribution is 0.557. The van der Waals surface area contributed by atoms with Crippen molar-refractivity contribution in [1.82, 2.24) is 10.6 Å². The van der Waals surface area contributed by atoms with Crippen molar-refractivity contribution in [3.05, 3.63) is 0 Å². The van der Waals surface area contributed by atoms with Crippen molar-refractivity contribution in [3.8, 4) is 0 Å². The quantitative estimate of drug-likeness (QED) is 0.469. The predicted octanol–water partition coefficient (Wildman–Crippen LogP) is -0.0274. The van der Waals surface area contributed by atoms with E-state index in [1.165, 1.54) is 6.42 Å². The van der Waals surface area contributed by atoms with Gasteiger partial charge in [0.25, 0.3) is 0 Å². The SMILES string of the molecule is CC1CNCCC[N]1. The Kier molecular flexibility index (Phi) is 2.30. The van der Waals surface area contributed by atoms with Crippen molar-refractivity contribution in [3.63, 3.8) is 0 Å². The molecule has 1 fully saturated rings. The normalized spacial score (nSPS) is 31.9. The molecule has 1 radical (unpaired) electrons. The summed E-state index contributed by atoms with van der Waals surface area (Å²) in [6, 6.07) is 0.539. The van der Waals surface area contributed by atoms with Crippen LogP contribution in [-0.2, 0) is 0 Å². The molecule has 1 N–H and O–H groups in total. The molecule has 1 rings (SSSR count). The molecule has 0 amide bonds. The van der Waals surface area contributed by atoms with Crippen LogP contribution in [0.25, 0.3) is 0 Å². The van der Waals surface area contributed by atoms with Crippen molar-refractivity contribution in [2.45, 2.75) is 19.4 Å². The number of nitrogens with one attached hydrogen (secondary N) is 1. The molecule has 0 aromatic carbocycles. The van der Waals surface area contributed by atoms with E-state index < -0.39 is 0 Å². The summed E-state index contributed by atoms with van der Waals surface area (Å²) in [6.07, 6.45) is 1.21. The van der Waals surface area contributed by atoms with E-state index in [1.54, 1.807) is 0 Å². The van der Waals surface area contributed by atoms with Crippen LogP contribution in [0.3, 0.4) is 0 Å². The summed E-state index contributed by atoms with van der Waals surface area (Å²) in [4.78, 5) is 0. The molecule has 1 unspecified atom stereocenters. The third-order valence-electron chi connectivity index (χ3n) is 1.39. The van der Waals surface area contributed by atoms with Gasteiger partial charge in [0.2, 0.25) is 0 Å². The third kappa shape index (κ3) is 1.80. The van der Waals surface area contributed by atoms with Crippen LogP contribution in [0.4, 0.5) is 0 Å². The van der Waals surface area contributed by atoms with E-state index in [2.05, 4.69) is 17.6 Å². The third-order valence-corrected chi connectivity index (χ3v) is 1.39. The van der Waals surface area contributed by atoms with E-state index in [1.807, 2.05) is 0 Å². The lowest BCUT2D eigenvalue weighted by atomic mass is 10.3. The number of hydrogen-bond donors (Lipinski definition) is 1. The maximum atomic E-state index is 4.36. The first-order valence-corrected chi connectivity index (χ1v) is 3.27. The maximum Gasteiger partial charge on any atom is 0.0342 e. The van der Waals surface area contributed by atoms with E-state index in [4.69, 9.17) is 0 Å². The molecule has 0 bridgehead atoms. The van der Waals surface area contributed by atoms with Crippen LogP contribution in [0.1, 0.15) is 13.3 Å². The van der Waals surface area contributed by atoms with Gasteiger partial charge in [-0.15, -0.1) is 0 Å². The van der Waals surface area contributed by atoms with Gasteiger partial charge < -0.3 is 5.32 Å². The average Bonchev–Trinajstić information content (AvgIpc) is 1.94. The fourth-order valence-electron chi connectivity index (χ4n) is 0.891. The Labute approximate surface area is 50.7 Å². The fourth-order valence-corrected chi connectivity index (χ4v) is 0.891. The van der Waals surface area contributed by atoms with Gasteiger partial charge in [0.1, 0.15) is 0 Å². The highest BCUT2D eigenvalue weighted by Gasteiger charge is 2.04. The molecule has 0 aliphatic carbocycles. The molecule has 1 aliphatic rings. The molecule has 0 saturated carbocycles. The molecule has 1 atom stereocenters. The topological polar surface area (TPSA) is 26.1 Å². The molecule has 0 aromatic heterocycles. The smallest absolute Gasteiger partial charge is 0.0342 e. The van der Waals surface area contributed by atoms with Crippen molar-refractivity contribution in [2.75, 3.05) is 19.6 Å². The Morgan fingerprint density at radius 2 is 2.50 bits per heavy atom. The lowest BCUT2D eigenvalue weighted by Crippen LogP contribution is -2.27. The van der Waals surface area contributed by atoms with E-state index in [0.717, 1.165) is 19.6 Å². The fraction of sp³-hybridized carbons (Fsp3) is 1.00. The summed E-state index contributed by atoms with van der Waals surface area (Å²) in [5.41, 5.74) is 0. The standard InChI is InChI=1S/C6H13N2/c1-6-5-7-3-2-4-8-6/h6-7H,2-5H2,1H3. The largest absolute Gasteiger partial charge is 0.315 e. The van der Waals surface area contributed by atoms with Crippen LogP contribution >= 0.6 is 0 Å². The molecule has 0 aromatic rings. The van der Waals surface area contributed by atoms with Crippen LogP contribution in [0.2, 0.25) is 0 Å². The maximum absolute atomic E-state index is 4.36. The minimum Gasteiger partial charge on any atom is -0.315 e. The summed E-state index contributed by atoms with van der Waals surface area (Å²) in [5.74, 6) is 0. The van der Waals surface area contributed by atoms with Crippen LogP contribution in [-0.4, -0.2) is 25.7 Å². The van der Waals surface area contributed by atoms with Gasteiger partial charge in [0, 0.05) is 19.1 Å². The molecular formula is C6H13N2. The first-order chi connectivity index (χ1) is 3.89. The second-order valence-electron chi connectivity index (χ2n) is 2.31. The molecule has 0 spiro atoms. The van der Waals surface area contributed by atoms with Gasteiger partial charge in [0.05, 0.1) is 0 Å². The Hall–Kier alpha value is -0.0800. The highest BCUT2D eigenvalue weighted by Crippen LogP contribution is 1.87. The lowest BCUT2D eigenvalue weighted by Gasteiger charge is -2.04. The van der Waals surface area contributed by atoms with E-state index >= 15 is 0 Å². The second kappa shape index (κ2) is 3.05. The van der Waals surface area contributed by atoms with Crippen molar-refractivity contribution in [1.29, 1.82) is 0 Å². The monoisotopic (exact) mass is 113 g/mol. The molecular weight excluding hydrogens is 100 g/mol. The zero-order valence-electron chi connectivity index (χ0n) is 5.35. The second-order valence-corrected chi connectivity index (χ2v) is 2.31. The van der Waals surface area contributed by atoms with Gasteiger partial charge in [-0.1, -0.05) is 0 Å². The molecule has 2 heteroatoms. The first kappa shape index (κ1) is 6.05. The minimum absolute atomic E-state index is 0.539. The van der Waals surface area contributed by atoms with Crippen molar-refractivity contribution < 1.29 is 0 Å². The number of hydrogen-bond acceptors (Lipinski definition) is 1. The summed E-state index contributed by atoms with van der Waals surface area (Å²) >= 11 is 0. The van der Waals surface area contributed by atoms with Gasteiger partial charge in [-0.25, -0.2) is 5.32 Å². The molecule has 8 heavy (non-hydrogen) atoms. The zero-order valence-corrected chi connectivity index (χ0v) is 5.35. The Morgan fingerprint density at radius 1 is 1.62 bits per heavy atom. The Balaban J connectivity index is 2.17. The molecule has 1 aliphatic heterocycles. The zero-order chi connectivity index (χ0) is 5.82. The highest BCUT2D eigenvalue weighted by molar-refractivity contribution is 4.67. The molecule has 1 saturated heterocycles. The van der Waals surface area contributed by atoms with Crippen molar-refractivity contribution >= 4 is 0 Å². The first-order valence-electron chi connectivity index (χ1n) is 3.27. The van der Waals surface area contributed by atoms with Crippen LogP contribution in [0, 0.1) is 0 Å². The summed E-state index contributed by atoms with van der Waals surface area (Å²) in [6.45, 7) is 5.42. The predicted molar refractivity (Wildman–Crippen MR) is 33.9 cm³/mol. The van der Waals surface area contributed by atoms with Crippen LogP contribution < -0.4 is 10.6 Å². The van der Waals surface area contributed by atoms with E-state index in [-0.39, 0.29) is 0 Å². The minimum atomic E-state index is 0.539. The average molecular weight is 113 g/mol. The van der Waals surface area contributed by atoms with Gasteiger partial charge in [0.15, 0.2) is 0 Å². The summed E-state index contributed by atoms with van der Waals surface area (Å²) in [5, 5.41) is 7.66. The van der Waals surface area contributed by atoms with Gasteiger partial charge in [-0.05, 0) is 19.9 Å². The van der Waals surface area contributed by atoms with E-state index in [9.17, 15) is 0 Å². The molecule has 47 valence electrons. The Morgan fingerprint density at radius 3 is 3.38 bits per heavy atom. The Bertz CT molecular complexity index is 55.5. The van der Waals surface area contributed by atoms with E-state index in [0.29, 0.717) is 6.04 Å². The molecule has 2 nitrogen and oxygen atoms in total. The molecule has 1 heterocycles. The van der Waals surface area contributed by atoms with Crippen molar-refractivity contribution in [2.24, 2.45) is 0 Å². The van der Waals surface area contributed by atoms with Crippen LogP contribution in [0.15, 0.2) is 0 Å². The van der Waals surface area contributed by atoms with Gasteiger partial charge >= 0.3 is 0 Å². The summed E-state index contributed by atoms with van der Waals surface area (Å²) < 4.78 is 0. The summed E-state index contributed by atoms with van der Waals surface area (Å²) in [7, 11) is 0. The van der Waals surface area contributed by atoms with Gasteiger partial charge in [-0.3, -0.25) is 0 Å². The number of nitrogens with zero attached hydrogens (tertiary/aromatic N) is 1. The number of rotatable bonds is 0.